The molecule has 1 atom stereocenters. The van der Waals surface area contributed by atoms with Crippen LogP contribution in [0.25, 0.3) is 0 Å². The van der Waals surface area contributed by atoms with Crippen LogP contribution in [0.2, 0.25) is 0 Å². The molecular formula is C64H108O6. The molecule has 0 saturated heterocycles. The van der Waals surface area contributed by atoms with Gasteiger partial charge in [0.15, 0.2) is 6.10 Å². The third kappa shape index (κ3) is 55.3. The molecule has 0 unspecified atom stereocenters. The van der Waals surface area contributed by atoms with Crippen LogP contribution in [-0.4, -0.2) is 37.2 Å². The third-order valence-corrected chi connectivity index (χ3v) is 12.3. The van der Waals surface area contributed by atoms with E-state index in [4.69, 9.17) is 14.2 Å². The Kier molecular flexibility index (Phi) is 54.9. The Morgan fingerprint density at radius 2 is 0.557 bits per heavy atom. The van der Waals surface area contributed by atoms with Crippen molar-refractivity contribution in [3.05, 3.63) is 97.2 Å². The Labute approximate surface area is 432 Å². The second-order valence-corrected chi connectivity index (χ2v) is 19.2. The monoisotopic (exact) mass is 973 g/mol. The average molecular weight is 974 g/mol. The van der Waals surface area contributed by atoms with Crippen LogP contribution in [0, 0.1) is 0 Å². The average Bonchev–Trinajstić information content (AvgIpc) is 3.36. The first-order valence-corrected chi connectivity index (χ1v) is 29.2. The molecule has 0 aromatic rings. The van der Waals surface area contributed by atoms with Gasteiger partial charge in [0.25, 0.3) is 0 Å². The van der Waals surface area contributed by atoms with Crippen LogP contribution in [0.1, 0.15) is 271 Å². The van der Waals surface area contributed by atoms with Crippen molar-refractivity contribution in [2.75, 3.05) is 13.2 Å². The van der Waals surface area contributed by atoms with Crippen LogP contribution in [0.5, 0.6) is 0 Å². The van der Waals surface area contributed by atoms with E-state index in [1.54, 1.807) is 0 Å². The summed E-state index contributed by atoms with van der Waals surface area (Å²) in [5, 5.41) is 0. The van der Waals surface area contributed by atoms with Gasteiger partial charge in [-0.05, 0) is 103 Å². The van der Waals surface area contributed by atoms with E-state index >= 15 is 0 Å². The fourth-order valence-corrected chi connectivity index (χ4v) is 7.95. The smallest absolute Gasteiger partial charge is 0.306 e. The highest BCUT2D eigenvalue weighted by Gasteiger charge is 2.19. The van der Waals surface area contributed by atoms with E-state index in [1.165, 1.54) is 122 Å². The molecule has 70 heavy (non-hydrogen) atoms. The zero-order valence-corrected chi connectivity index (χ0v) is 45.8. The van der Waals surface area contributed by atoms with Gasteiger partial charge in [-0.15, -0.1) is 0 Å². The normalized spacial score (nSPS) is 12.8. The molecular weight excluding hydrogens is 865 g/mol. The van der Waals surface area contributed by atoms with Gasteiger partial charge in [-0.1, -0.05) is 246 Å². The summed E-state index contributed by atoms with van der Waals surface area (Å²) in [5.74, 6) is -0.969. The minimum absolute atomic E-state index is 0.106. The quantitative estimate of drug-likeness (QED) is 0.0262. The molecule has 0 spiro atoms. The first-order valence-electron chi connectivity index (χ1n) is 29.2. The second-order valence-electron chi connectivity index (χ2n) is 19.2. The van der Waals surface area contributed by atoms with E-state index in [1.807, 2.05) is 0 Å². The molecule has 0 aromatic carbocycles. The largest absolute Gasteiger partial charge is 0.462 e. The summed E-state index contributed by atoms with van der Waals surface area (Å²) in [4.78, 5) is 38.2. The van der Waals surface area contributed by atoms with E-state index in [2.05, 4.69) is 118 Å². The van der Waals surface area contributed by atoms with Crippen molar-refractivity contribution in [3.8, 4) is 0 Å². The van der Waals surface area contributed by atoms with Gasteiger partial charge < -0.3 is 14.2 Å². The minimum atomic E-state index is -0.808. The summed E-state index contributed by atoms with van der Waals surface area (Å²) in [5.41, 5.74) is 0. The molecule has 0 rings (SSSR count). The number of unbranched alkanes of at least 4 members (excludes halogenated alkanes) is 25. The van der Waals surface area contributed by atoms with Crippen LogP contribution in [0.3, 0.4) is 0 Å². The van der Waals surface area contributed by atoms with E-state index in [0.29, 0.717) is 19.3 Å². The van der Waals surface area contributed by atoms with E-state index < -0.39 is 6.10 Å². The molecule has 0 heterocycles. The third-order valence-electron chi connectivity index (χ3n) is 12.3. The standard InChI is InChI=1S/C64H108O6/c1-4-7-10-13-16-19-22-25-28-30-32-34-36-39-42-45-48-51-54-57-63(66)69-60-61(59-68-62(65)56-53-50-47-44-41-38-35-27-24-21-18-15-12-9-6-3)70-64(67)58-55-52-49-46-43-40-37-33-31-29-26-23-20-17-14-11-8-5-2/h9,12,16,18-19,21,25,27-28,32,34-35,39,41-42,44,61H,4-8,10-11,13-15,17,20,22-24,26,29-31,33,36-38,40,43,45-60H2,1-3H3/b12-9-,19-16-,21-18-,28-25-,34-32-,35-27-,42-39-,44-41-/t61-/m1/s1. The molecule has 0 saturated carbocycles. The number of allylic oxidation sites excluding steroid dienone is 16. The number of ether oxygens (including phenoxy) is 3. The van der Waals surface area contributed by atoms with Gasteiger partial charge in [-0.25, -0.2) is 0 Å². The second kappa shape index (κ2) is 57.9. The first kappa shape index (κ1) is 66.3. The van der Waals surface area contributed by atoms with Gasteiger partial charge in [0, 0.05) is 19.3 Å². The van der Waals surface area contributed by atoms with Gasteiger partial charge in [0.1, 0.15) is 13.2 Å². The molecule has 0 aromatic heterocycles. The van der Waals surface area contributed by atoms with Gasteiger partial charge in [0.2, 0.25) is 0 Å². The van der Waals surface area contributed by atoms with Gasteiger partial charge in [0.05, 0.1) is 0 Å². The number of esters is 3. The summed E-state index contributed by atoms with van der Waals surface area (Å²) < 4.78 is 16.8. The van der Waals surface area contributed by atoms with E-state index in [-0.39, 0.29) is 31.1 Å². The fourth-order valence-electron chi connectivity index (χ4n) is 7.95. The zero-order valence-electron chi connectivity index (χ0n) is 45.8. The Hall–Kier alpha value is -3.67. The maximum absolute atomic E-state index is 12.9. The summed E-state index contributed by atoms with van der Waals surface area (Å²) in [6, 6.07) is 0. The molecule has 400 valence electrons. The Balaban J connectivity index is 4.48. The van der Waals surface area contributed by atoms with Crippen molar-refractivity contribution in [3.63, 3.8) is 0 Å². The van der Waals surface area contributed by atoms with Crippen molar-refractivity contribution >= 4 is 17.9 Å². The van der Waals surface area contributed by atoms with Gasteiger partial charge >= 0.3 is 17.9 Å². The summed E-state index contributed by atoms with van der Waals surface area (Å²) in [6.07, 6.45) is 76.9. The SMILES string of the molecule is CC/C=C\C/C=C\C/C=C\C/C=C\CCCCC(=O)OC[C@H](COC(=O)CCCCC/C=C\C/C=C\C/C=C\C/C=C\CCCCC)OC(=O)CCCCCCCCCCCCCCCCCCCC. The number of hydrogen-bond acceptors (Lipinski definition) is 6. The van der Waals surface area contributed by atoms with Crippen molar-refractivity contribution in [1.82, 2.24) is 0 Å². The lowest BCUT2D eigenvalue weighted by Crippen LogP contribution is -2.30. The van der Waals surface area contributed by atoms with E-state index in [0.717, 1.165) is 109 Å². The van der Waals surface area contributed by atoms with Crippen molar-refractivity contribution in [1.29, 1.82) is 0 Å². The first-order chi connectivity index (χ1) is 34.5. The minimum Gasteiger partial charge on any atom is -0.462 e. The lowest BCUT2D eigenvalue weighted by molar-refractivity contribution is -0.167. The summed E-state index contributed by atoms with van der Waals surface area (Å²) >= 11 is 0. The lowest BCUT2D eigenvalue weighted by Gasteiger charge is -2.18. The molecule has 0 aliphatic carbocycles. The highest BCUT2D eigenvalue weighted by Crippen LogP contribution is 2.16. The zero-order chi connectivity index (χ0) is 50.7. The fraction of sp³-hybridized carbons (Fsp3) is 0.703. The van der Waals surface area contributed by atoms with Crippen molar-refractivity contribution in [2.24, 2.45) is 0 Å². The molecule has 0 bridgehead atoms. The molecule has 0 N–H and O–H groups in total. The topological polar surface area (TPSA) is 78.9 Å². The van der Waals surface area contributed by atoms with Crippen molar-refractivity contribution < 1.29 is 28.6 Å². The number of carbonyl (C=O) groups excluding carboxylic acids is 3. The molecule has 0 amide bonds. The van der Waals surface area contributed by atoms with Crippen LogP contribution in [-0.2, 0) is 28.6 Å². The molecule has 0 radical (unpaired) electrons. The highest BCUT2D eigenvalue weighted by molar-refractivity contribution is 5.71. The molecule has 6 nitrogen and oxygen atoms in total. The maximum Gasteiger partial charge on any atom is 0.306 e. The van der Waals surface area contributed by atoms with Crippen LogP contribution < -0.4 is 0 Å². The van der Waals surface area contributed by atoms with Gasteiger partial charge in [-0.2, -0.15) is 0 Å². The number of carbonyl (C=O) groups is 3. The molecule has 6 heteroatoms. The number of rotatable bonds is 52. The Morgan fingerprint density at radius 3 is 0.929 bits per heavy atom. The number of hydrogen-bond donors (Lipinski definition) is 0. The molecule has 0 fully saturated rings. The predicted octanol–water partition coefficient (Wildman–Crippen LogP) is 19.7. The van der Waals surface area contributed by atoms with Crippen LogP contribution in [0.15, 0.2) is 97.2 Å². The van der Waals surface area contributed by atoms with Crippen LogP contribution in [0.4, 0.5) is 0 Å². The Morgan fingerprint density at radius 1 is 0.300 bits per heavy atom. The highest BCUT2D eigenvalue weighted by atomic mass is 16.6. The maximum atomic E-state index is 12.9. The Bertz CT molecular complexity index is 1400. The van der Waals surface area contributed by atoms with E-state index in [9.17, 15) is 14.4 Å². The molecule has 0 aliphatic rings. The summed E-state index contributed by atoms with van der Waals surface area (Å²) in [7, 11) is 0. The predicted molar refractivity (Wildman–Crippen MR) is 302 cm³/mol. The van der Waals surface area contributed by atoms with Crippen LogP contribution >= 0.6 is 0 Å². The van der Waals surface area contributed by atoms with Gasteiger partial charge in [-0.3, -0.25) is 14.4 Å². The van der Waals surface area contributed by atoms with Crippen molar-refractivity contribution in [2.45, 2.75) is 277 Å². The summed E-state index contributed by atoms with van der Waals surface area (Å²) in [6.45, 7) is 6.45. The molecule has 0 aliphatic heterocycles. The lowest BCUT2D eigenvalue weighted by atomic mass is 10.0.